The monoisotopic (exact) mass is 786 g/mol. The molecule has 0 aliphatic rings. The van der Waals surface area contributed by atoms with Crippen LogP contribution in [0.3, 0.4) is 0 Å². The number of rotatable bonds is 28. The van der Waals surface area contributed by atoms with Gasteiger partial charge in [-0.05, 0) is 6.42 Å². The molecule has 0 rings (SSSR count). The van der Waals surface area contributed by atoms with Gasteiger partial charge in [-0.3, -0.25) is 0 Å². The van der Waals surface area contributed by atoms with Crippen molar-refractivity contribution in [3.63, 3.8) is 0 Å². The van der Waals surface area contributed by atoms with Crippen LogP contribution in [0.15, 0.2) is 0 Å². The van der Waals surface area contributed by atoms with Crippen molar-refractivity contribution in [2.45, 2.75) is 188 Å². The Balaban J connectivity index is -0.000000234. The molecule has 5 heteroatoms. The van der Waals surface area contributed by atoms with Crippen LogP contribution in [0.5, 0.6) is 0 Å². The van der Waals surface area contributed by atoms with Crippen LogP contribution in [-0.4, -0.2) is 23.5 Å². The molecule has 0 fully saturated rings. The fourth-order valence-corrected chi connectivity index (χ4v) is 4.96. The third kappa shape index (κ3) is 55.9. The van der Waals surface area contributed by atoms with Crippen molar-refractivity contribution in [2.24, 2.45) is 5.92 Å². The largest absolute Gasteiger partial charge is 3.00 e. The summed E-state index contributed by atoms with van der Waals surface area (Å²) in [7, 11) is 0. The van der Waals surface area contributed by atoms with E-state index in [1.165, 1.54) is 161 Å². The van der Waals surface area contributed by atoms with Gasteiger partial charge in [-0.25, -0.2) is 0 Å². The molecule has 0 radical (unpaired) electrons. The first kappa shape index (κ1) is 47.4. The fraction of sp³-hybridized carbons (Fsp3) is 0.971. The predicted octanol–water partition coefficient (Wildman–Crippen LogP) is 11.6. The van der Waals surface area contributed by atoms with Crippen LogP contribution in [0.25, 0.3) is 0 Å². The summed E-state index contributed by atoms with van der Waals surface area (Å²) >= 11 is 14.7. The maximum atomic E-state index is 10.3. The van der Waals surface area contributed by atoms with Crippen LogP contribution >= 0.6 is 0 Å². The van der Waals surface area contributed by atoms with E-state index in [2.05, 4.69) is 13.8 Å². The molecule has 0 saturated carbocycles. The molecule has 0 aliphatic heterocycles. The van der Waals surface area contributed by atoms with E-state index in [0.717, 1.165) is 30.0 Å². The molecule has 0 bridgehead atoms. The zero-order valence-electron chi connectivity index (χ0n) is 26.6. The molecule has 0 saturated heterocycles. The predicted molar refractivity (Wildman–Crippen MR) is 183 cm³/mol. The summed E-state index contributed by atoms with van der Waals surface area (Å²) in [6.07, 6.45) is 36.2. The molecule has 0 aliphatic carbocycles. The molecule has 0 amide bonds. The minimum atomic E-state index is 0. The van der Waals surface area contributed by atoms with Crippen molar-refractivity contribution in [2.75, 3.05) is 17.3 Å². The van der Waals surface area contributed by atoms with Crippen molar-refractivity contribution < 1.29 is 27.2 Å². The Morgan fingerprint density at radius 1 is 0.436 bits per heavy atom. The van der Waals surface area contributed by atoms with E-state index in [1.54, 1.807) is 0 Å². The molecule has 0 spiro atoms. The summed E-state index contributed by atoms with van der Waals surface area (Å²) in [6.45, 7) is 6.53. The number of unbranched alkanes of at least 4 members (excludes halogenated alkanes) is 22. The first-order valence-corrected chi connectivity index (χ1v) is 18.6. The summed E-state index contributed by atoms with van der Waals surface area (Å²) in [5, 5.41) is 0. The standard InChI is InChI=1S/C12H24OS.2C11H24S.Au/c1-12(11-13)9-7-5-3-2-4-6-8-10-14;2*1-2-3-4-5-6-7-8-9-10-11-12;/h11-12,14H,2-10H2,1H3;2*12H,2-11H2,1H3;/q;;;+3/p-3. The van der Waals surface area contributed by atoms with Gasteiger partial charge in [-0.1, -0.05) is 181 Å². The molecule has 0 aromatic rings. The number of hydrogen-bond acceptors (Lipinski definition) is 4. The SMILES string of the molecule is CC(C=O)CCCCCCCCC[S-].CCCCCCCCCCC[S-].CCCCCCCCCCC[S-].[Au+3]. The van der Waals surface area contributed by atoms with Gasteiger partial charge in [0.15, 0.2) is 0 Å². The van der Waals surface area contributed by atoms with E-state index in [-0.39, 0.29) is 28.3 Å². The summed E-state index contributed by atoms with van der Waals surface area (Å²) < 4.78 is 0. The van der Waals surface area contributed by atoms with Gasteiger partial charge in [0.2, 0.25) is 0 Å². The first-order chi connectivity index (χ1) is 18.6. The third-order valence-corrected chi connectivity index (χ3v) is 7.90. The van der Waals surface area contributed by atoms with Crippen molar-refractivity contribution in [3.05, 3.63) is 0 Å². The molecule has 39 heavy (non-hydrogen) atoms. The minimum absolute atomic E-state index is 0. The van der Waals surface area contributed by atoms with Gasteiger partial charge in [-0.15, -0.1) is 0 Å². The van der Waals surface area contributed by atoms with Gasteiger partial charge in [-0.2, -0.15) is 17.3 Å². The summed E-state index contributed by atoms with van der Waals surface area (Å²) in [6, 6.07) is 0. The van der Waals surface area contributed by atoms with Crippen LogP contribution in [0.1, 0.15) is 188 Å². The van der Waals surface area contributed by atoms with Crippen LogP contribution in [0, 0.1) is 5.92 Å². The van der Waals surface area contributed by atoms with Gasteiger partial charge < -0.3 is 42.7 Å². The van der Waals surface area contributed by atoms with Gasteiger partial charge in [0, 0.05) is 5.92 Å². The Bertz CT molecular complexity index is 345. The van der Waals surface area contributed by atoms with Gasteiger partial charge >= 0.3 is 22.4 Å². The average molecular weight is 787 g/mol. The molecule has 0 N–H and O–H groups in total. The van der Waals surface area contributed by atoms with Gasteiger partial charge in [0.05, 0.1) is 0 Å². The number of carbonyl (C=O) groups excluding carboxylic acids is 1. The topological polar surface area (TPSA) is 17.1 Å². The van der Waals surface area contributed by atoms with E-state index in [4.69, 9.17) is 37.9 Å². The molecule has 0 aromatic carbocycles. The second kappa shape index (κ2) is 49.2. The zero-order valence-corrected chi connectivity index (χ0v) is 31.2. The van der Waals surface area contributed by atoms with E-state index in [1.807, 2.05) is 6.92 Å². The van der Waals surface area contributed by atoms with E-state index in [9.17, 15) is 4.79 Å². The Hall–Kier alpha value is 1.46. The quantitative estimate of drug-likeness (QED) is 0.0340. The van der Waals surface area contributed by atoms with Crippen LogP contribution in [-0.2, 0) is 65.1 Å². The number of carbonyl (C=O) groups is 1. The minimum Gasteiger partial charge on any atom is -0.793 e. The van der Waals surface area contributed by atoms with Crippen molar-refractivity contribution in [3.8, 4) is 0 Å². The van der Waals surface area contributed by atoms with Crippen LogP contribution < -0.4 is 0 Å². The molecule has 0 heterocycles. The third-order valence-electron chi connectivity index (χ3n) is 7.03. The number of aldehydes is 1. The smallest absolute Gasteiger partial charge is 0.793 e. The van der Waals surface area contributed by atoms with Crippen LogP contribution in [0.4, 0.5) is 0 Å². The molecule has 240 valence electrons. The van der Waals surface area contributed by atoms with Gasteiger partial charge in [0.25, 0.3) is 0 Å². The molecular weight excluding hydrogens is 718 g/mol. The Morgan fingerprint density at radius 3 is 0.897 bits per heavy atom. The van der Waals surface area contributed by atoms with Crippen molar-refractivity contribution in [1.29, 1.82) is 0 Å². The van der Waals surface area contributed by atoms with Crippen molar-refractivity contribution in [1.82, 2.24) is 0 Å². The Kier molecular flexibility index (Phi) is 59.7. The van der Waals surface area contributed by atoms with Crippen LogP contribution in [0.2, 0.25) is 0 Å². The van der Waals surface area contributed by atoms with E-state index >= 15 is 0 Å². The molecule has 1 nitrogen and oxygen atoms in total. The van der Waals surface area contributed by atoms with E-state index in [0.29, 0.717) is 0 Å². The summed E-state index contributed by atoms with van der Waals surface area (Å²) in [5.41, 5.74) is 0. The van der Waals surface area contributed by atoms with E-state index < -0.39 is 0 Å². The maximum Gasteiger partial charge on any atom is 3.00 e. The molecule has 1 unspecified atom stereocenters. The molecular formula is C34H69AuOS3. The fourth-order valence-electron chi connectivity index (χ4n) is 4.35. The normalized spacial score (nSPS) is 11.0. The second-order valence-electron chi connectivity index (χ2n) is 11.1. The zero-order chi connectivity index (χ0) is 28.8. The average Bonchev–Trinajstić information content (AvgIpc) is 2.94. The summed E-state index contributed by atoms with van der Waals surface area (Å²) in [5.74, 6) is 3.08. The number of hydrogen-bond donors (Lipinski definition) is 0. The Morgan fingerprint density at radius 2 is 0.667 bits per heavy atom. The molecule has 1 atom stereocenters. The van der Waals surface area contributed by atoms with Gasteiger partial charge in [0.1, 0.15) is 6.29 Å². The van der Waals surface area contributed by atoms with Crippen molar-refractivity contribution >= 4 is 44.2 Å². The Labute approximate surface area is 280 Å². The first-order valence-electron chi connectivity index (χ1n) is 16.8. The second-order valence-corrected chi connectivity index (χ2v) is 12.4. The molecule has 0 aromatic heterocycles. The maximum absolute atomic E-state index is 10.3. The summed E-state index contributed by atoms with van der Waals surface area (Å²) in [4.78, 5) is 10.3.